The van der Waals surface area contributed by atoms with Gasteiger partial charge in [-0.25, -0.2) is 0 Å². The molecule has 0 bridgehead atoms. The van der Waals surface area contributed by atoms with Gasteiger partial charge in [0.25, 0.3) is 5.91 Å². The van der Waals surface area contributed by atoms with Gasteiger partial charge in [0.1, 0.15) is 17.0 Å². The number of nitrogens with one attached hydrogen (secondary N) is 1. The molecule has 5 nitrogen and oxygen atoms in total. The number of amides is 1. The molecular weight excluding hydrogens is 400 g/mol. The van der Waals surface area contributed by atoms with E-state index in [0.717, 1.165) is 5.56 Å². The van der Waals surface area contributed by atoms with E-state index in [1.807, 2.05) is 48.5 Å². The first-order valence-electron chi connectivity index (χ1n) is 9.41. The minimum Gasteiger partial charge on any atom is -0.505 e. The van der Waals surface area contributed by atoms with E-state index in [4.69, 9.17) is 16.3 Å². The van der Waals surface area contributed by atoms with Crippen molar-refractivity contribution in [3.8, 4) is 11.5 Å². The number of fused-ring (bicyclic) bond motifs is 1. The van der Waals surface area contributed by atoms with E-state index in [1.165, 1.54) is 0 Å². The number of phenols is 1. The molecule has 0 aliphatic heterocycles. The van der Waals surface area contributed by atoms with Crippen LogP contribution in [0.4, 0.5) is 0 Å². The molecule has 4 rings (SSSR count). The largest absolute Gasteiger partial charge is 0.505 e. The number of carbonyl (C=O) groups excluding carboxylic acids is 1. The fourth-order valence-electron chi connectivity index (χ4n) is 3.28. The maximum atomic E-state index is 12.7. The summed E-state index contributed by atoms with van der Waals surface area (Å²) in [6, 6.07) is 23.1. The summed E-state index contributed by atoms with van der Waals surface area (Å²) in [4.78, 5) is 16.9. The van der Waals surface area contributed by atoms with Crippen LogP contribution in [0.3, 0.4) is 0 Å². The quantitative estimate of drug-likeness (QED) is 0.468. The molecule has 3 aromatic carbocycles. The van der Waals surface area contributed by atoms with Crippen LogP contribution in [0.25, 0.3) is 10.9 Å². The number of benzene rings is 3. The van der Waals surface area contributed by atoms with Crippen molar-refractivity contribution in [2.24, 2.45) is 0 Å². The average Bonchev–Trinajstić information content (AvgIpc) is 2.80. The second-order valence-electron chi connectivity index (χ2n) is 6.71. The lowest BCUT2D eigenvalue weighted by atomic mass is 9.96. The van der Waals surface area contributed by atoms with Gasteiger partial charge in [-0.15, -0.1) is 0 Å². The lowest BCUT2D eigenvalue weighted by Gasteiger charge is -2.22. The summed E-state index contributed by atoms with van der Waals surface area (Å²) in [5.74, 6) is 0.252. The van der Waals surface area contributed by atoms with Crippen LogP contribution in [-0.2, 0) is 4.79 Å². The topological polar surface area (TPSA) is 71.5 Å². The second-order valence-corrected chi connectivity index (χ2v) is 7.12. The van der Waals surface area contributed by atoms with Crippen molar-refractivity contribution in [2.75, 3.05) is 6.61 Å². The van der Waals surface area contributed by atoms with Crippen LogP contribution in [0, 0.1) is 0 Å². The van der Waals surface area contributed by atoms with Crippen molar-refractivity contribution in [1.29, 1.82) is 0 Å². The first kappa shape index (κ1) is 19.7. The van der Waals surface area contributed by atoms with Crippen molar-refractivity contribution in [2.45, 2.75) is 6.04 Å². The van der Waals surface area contributed by atoms with Crippen molar-refractivity contribution >= 4 is 28.4 Å². The van der Waals surface area contributed by atoms with E-state index in [9.17, 15) is 9.90 Å². The molecule has 4 aromatic rings. The van der Waals surface area contributed by atoms with Crippen molar-refractivity contribution in [1.82, 2.24) is 10.3 Å². The van der Waals surface area contributed by atoms with Crippen molar-refractivity contribution in [3.05, 3.63) is 101 Å². The third-order valence-corrected chi connectivity index (χ3v) is 5.02. The van der Waals surface area contributed by atoms with Gasteiger partial charge >= 0.3 is 0 Å². The lowest BCUT2D eigenvalue weighted by molar-refractivity contribution is -0.123. The fraction of sp³-hybridized carbons (Fsp3) is 0.0833. The van der Waals surface area contributed by atoms with Crippen LogP contribution in [0.1, 0.15) is 17.2 Å². The summed E-state index contributed by atoms with van der Waals surface area (Å²) in [7, 11) is 0. The third kappa shape index (κ3) is 4.21. The molecule has 0 spiro atoms. The number of aromatic nitrogens is 1. The van der Waals surface area contributed by atoms with Gasteiger partial charge < -0.3 is 15.2 Å². The molecule has 1 heterocycles. The lowest BCUT2D eigenvalue weighted by Crippen LogP contribution is -2.33. The molecule has 0 saturated carbocycles. The van der Waals surface area contributed by atoms with E-state index >= 15 is 0 Å². The predicted molar refractivity (Wildman–Crippen MR) is 117 cm³/mol. The monoisotopic (exact) mass is 418 g/mol. The number of rotatable bonds is 6. The zero-order chi connectivity index (χ0) is 20.9. The number of hydrogen-bond acceptors (Lipinski definition) is 4. The Morgan fingerprint density at radius 1 is 1.03 bits per heavy atom. The predicted octanol–water partition coefficient (Wildman–Crippen LogP) is 4.88. The van der Waals surface area contributed by atoms with Crippen molar-refractivity contribution in [3.63, 3.8) is 0 Å². The van der Waals surface area contributed by atoms with Crippen LogP contribution < -0.4 is 10.1 Å². The molecule has 6 heteroatoms. The molecule has 1 aromatic heterocycles. The van der Waals surface area contributed by atoms with E-state index in [0.29, 0.717) is 27.2 Å². The van der Waals surface area contributed by atoms with Gasteiger partial charge in [0.15, 0.2) is 6.61 Å². The number of pyridine rings is 1. The molecule has 0 aliphatic rings. The Balaban J connectivity index is 1.67. The summed E-state index contributed by atoms with van der Waals surface area (Å²) in [6.07, 6.45) is 1.59. The maximum Gasteiger partial charge on any atom is 0.258 e. The molecular formula is C24H19ClN2O3. The van der Waals surface area contributed by atoms with Gasteiger partial charge in [0.05, 0.1) is 11.1 Å². The van der Waals surface area contributed by atoms with E-state index in [2.05, 4.69) is 10.3 Å². The zero-order valence-corrected chi connectivity index (χ0v) is 16.7. The normalized spacial score (nSPS) is 11.8. The van der Waals surface area contributed by atoms with Crippen LogP contribution in [0.15, 0.2) is 85.1 Å². The number of phenolic OH excluding ortho intramolecular Hbond substituents is 1. The summed E-state index contributed by atoms with van der Waals surface area (Å²) >= 11 is 6.45. The van der Waals surface area contributed by atoms with E-state index in [-0.39, 0.29) is 18.3 Å². The molecule has 0 fully saturated rings. The van der Waals surface area contributed by atoms with Crippen LogP contribution in [0.5, 0.6) is 11.5 Å². The fourth-order valence-corrected chi connectivity index (χ4v) is 3.55. The van der Waals surface area contributed by atoms with Crippen LogP contribution in [0.2, 0.25) is 5.02 Å². The summed E-state index contributed by atoms with van der Waals surface area (Å²) in [5.41, 5.74) is 1.65. The molecule has 2 N–H and O–H groups in total. The van der Waals surface area contributed by atoms with Gasteiger partial charge in [0, 0.05) is 17.1 Å². The van der Waals surface area contributed by atoms with E-state index in [1.54, 1.807) is 36.5 Å². The maximum absolute atomic E-state index is 12.7. The molecule has 0 aliphatic carbocycles. The smallest absolute Gasteiger partial charge is 0.258 e. The Hall–Kier alpha value is -3.57. The molecule has 0 radical (unpaired) electrons. The molecule has 30 heavy (non-hydrogen) atoms. The van der Waals surface area contributed by atoms with E-state index < -0.39 is 6.04 Å². The van der Waals surface area contributed by atoms with Gasteiger partial charge in [0.2, 0.25) is 0 Å². The summed E-state index contributed by atoms with van der Waals surface area (Å²) in [5, 5.41) is 15.0. The highest BCUT2D eigenvalue weighted by Crippen LogP contribution is 2.38. The number of aromatic hydroxyl groups is 1. The number of hydrogen-bond donors (Lipinski definition) is 2. The number of para-hydroxylation sites is 1. The molecule has 150 valence electrons. The first-order chi connectivity index (χ1) is 14.6. The zero-order valence-electron chi connectivity index (χ0n) is 16.0. The van der Waals surface area contributed by atoms with Gasteiger partial charge in [-0.3, -0.25) is 9.78 Å². The Bertz CT molecular complexity index is 1170. The first-order valence-corrected chi connectivity index (χ1v) is 9.79. The standard InChI is InChI=1S/C24H19ClN2O3/c25-20-14-19(24(29)23-18(20)12-7-13-26-23)22(16-8-3-1-4-9-16)27-21(28)15-30-17-10-5-2-6-11-17/h1-14,22,29H,15H2,(H,27,28). The van der Waals surface area contributed by atoms with Gasteiger partial charge in [-0.2, -0.15) is 0 Å². The molecule has 1 unspecified atom stereocenters. The molecule has 0 saturated heterocycles. The SMILES string of the molecule is O=C(COc1ccccc1)NC(c1ccccc1)c1cc(Cl)c2cccnc2c1O. The Kier molecular flexibility index (Phi) is 5.82. The minimum absolute atomic E-state index is 0.0202. The van der Waals surface area contributed by atoms with Crippen molar-refractivity contribution < 1.29 is 14.6 Å². The Labute approximate surface area is 178 Å². The minimum atomic E-state index is -0.623. The Morgan fingerprint density at radius 3 is 2.47 bits per heavy atom. The highest BCUT2D eigenvalue weighted by atomic mass is 35.5. The molecule has 1 amide bonds. The summed E-state index contributed by atoms with van der Waals surface area (Å²) in [6.45, 7) is -0.159. The highest BCUT2D eigenvalue weighted by Gasteiger charge is 2.23. The average molecular weight is 419 g/mol. The van der Waals surface area contributed by atoms with Gasteiger partial charge in [-0.05, 0) is 35.9 Å². The molecule has 1 atom stereocenters. The second kappa shape index (κ2) is 8.84. The third-order valence-electron chi connectivity index (χ3n) is 4.71. The highest BCUT2D eigenvalue weighted by molar-refractivity contribution is 6.35. The number of nitrogens with zero attached hydrogens (tertiary/aromatic N) is 1. The van der Waals surface area contributed by atoms with Crippen LogP contribution in [-0.4, -0.2) is 22.6 Å². The number of halogens is 1. The van der Waals surface area contributed by atoms with Crippen LogP contribution >= 0.6 is 11.6 Å². The summed E-state index contributed by atoms with van der Waals surface area (Å²) < 4.78 is 5.55. The van der Waals surface area contributed by atoms with Gasteiger partial charge in [-0.1, -0.05) is 60.1 Å². The number of ether oxygens (including phenoxy) is 1. The Morgan fingerprint density at radius 2 is 1.73 bits per heavy atom. The number of carbonyl (C=O) groups is 1.